The molecule has 8 heteroatoms. The van der Waals surface area contributed by atoms with E-state index in [2.05, 4.69) is 5.32 Å². The minimum absolute atomic E-state index is 0.102. The summed E-state index contributed by atoms with van der Waals surface area (Å²) in [6.07, 6.45) is 6.53. The highest BCUT2D eigenvalue weighted by Crippen LogP contribution is 2.47. The Hall–Kier alpha value is -3.42. The van der Waals surface area contributed by atoms with Crippen molar-refractivity contribution in [2.75, 3.05) is 35.5 Å². The van der Waals surface area contributed by atoms with E-state index in [1.165, 1.54) is 20.0 Å². The summed E-state index contributed by atoms with van der Waals surface area (Å²) < 4.78 is 21.9. The number of amides is 2. The topological polar surface area (TPSA) is 86.3 Å². The second-order valence-corrected chi connectivity index (χ2v) is 9.44. The highest BCUT2D eigenvalue weighted by Gasteiger charge is 2.44. The number of hydrogen-bond acceptors (Lipinski definition) is 6. The van der Waals surface area contributed by atoms with Gasteiger partial charge in [-0.2, -0.15) is 0 Å². The molecular weight excluding hydrogens is 460 g/mol. The van der Waals surface area contributed by atoms with Crippen molar-refractivity contribution in [3.05, 3.63) is 47.0 Å². The van der Waals surface area contributed by atoms with Gasteiger partial charge in [-0.3, -0.25) is 9.59 Å². The Morgan fingerprint density at radius 1 is 0.833 bits per heavy atom. The number of carbonyl (C=O) groups excluding carboxylic acids is 2. The van der Waals surface area contributed by atoms with E-state index in [1.54, 1.807) is 51.5 Å². The largest absolute Gasteiger partial charge is 0.493 e. The molecule has 1 N–H and O–H groups in total. The van der Waals surface area contributed by atoms with Crippen molar-refractivity contribution in [2.45, 2.75) is 56.5 Å². The quantitative estimate of drug-likeness (QED) is 0.569. The SMILES string of the molecule is COc1ccc([C@@H]2[C@H](C(=O)NC3CCCCCC3)c3cc(OC)c(OC)cc3C(=O)N2C)cc1OC. The average Bonchev–Trinajstić information content (AvgIpc) is 3.17. The fraction of sp³-hybridized carbons (Fsp3) is 0.500. The molecule has 0 aromatic heterocycles. The molecule has 0 unspecified atom stereocenters. The van der Waals surface area contributed by atoms with Crippen LogP contribution in [0.2, 0.25) is 0 Å². The van der Waals surface area contributed by atoms with E-state index in [0.717, 1.165) is 31.2 Å². The van der Waals surface area contributed by atoms with Crippen molar-refractivity contribution in [2.24, 2.45) is 0 Å². The number of nitrogens with one attached hydrogen (secondary N) is 1. The summed E-state index contributed by atoms with van der Waals surface area (Å²) in [6.45, 7) is 0. The first-order valence-electron chi connectivity index (χ1n) is 12.5. The van der Waals surface area contributed by atoms with Crippen molar-refractivity contribution >= 4 is 11.8 Å². The summed E-state index contributed by atoms with van der Waals surface area (Å²) in [4.78, 5) is 29.3. The second kappa shape index (κ2) is 11.1. The Morgan fingerprint density at radius 3 is 2.03 bits per heavy atom. The number of methoxy groups -OCH3 is 4. The minimum atomic E-state index is -0.649. The van der Waals surface area contributed by atoms with Gasteiger partial charge in [-0.25, -0.2) is 0 Å². The predicted octanol–water partition coefficient (Wildman–Crippen LogP) is 4.47. The van der Waals surface area contributed by atoms with Gasteiger partial charge in [0.05, 0.1) is 40.4 Å². The van der Waals surface area contributed by atoms with E-state index in [1.807, 2.05) is 12.1 Å². The molecule has 1 aliphatic heterocycles. The van der Waals surface area contributed by atoms with E-state index < -0.39 is 12.0 Å². The normalized spacial score (nSPS) is 20.2. The first-order valence-corrected chi connectivity index (χ1v) is 12.5. The van der Waals surface area contributed by atoms with Crippen LogP contribution in [0.25, 0.3) is 0 Å². The molecule has 1 heterocycles. The smallest absolute Gasteiger partial charge is 0.254 e. The molecule has 36 heavy (non-hydrogen) atoms. The molecule has 0 spiro atoms. The van der Waals surface area contributed by atoms with Crippen LogP contribution in [0.1, 0.15) is 72.0 Å². The van der Waals surface area contributed by atoms with Gasteiger partial charge >= 0.3 is 0 Å². The molecule has 2 amide bonds. The van der Waals surface area contributed by atoms with Crippen LogP contribution in [0.15, 0.2) is 30.3 Å². The van der Waals surface area contributed by atoms with Crippen LogP contribution in [0, 0.1) is 0 Å². The summed E-state index contributed by atoms with van der Waals surface area (Å²) in [6, 6.07) is 8.54. The molecule has 2 aromatic carbocycles. The van der Waals surface area contributed by atoms with Gasteiger partial charge in [0.15, 0.2) is 23.0 Å². The molecule has 0 radical (unpaired) electrons. The number of rotatable bonds is 7. The molecule has 1 saturated carbocycles. The van der Waals surface area contributed by atoms with Crippen LogP contribution >= 0.6 is 0 Å². The first kappa shape index (κ1) is 25.7. The summed E-state index contributed by atoms with van der Waals surface area (Å²) in [5, 5.41) is 3.32. The Balaban J connectivity index is 1.84. The van der Waals surface area contributed by atoms with Gasteiger partial charge in [0.2, 0.25) is 5.91 Å². The van der Waals surface area contributed by atoms with Gasteiger partial charge in [-0.15, -0.1) is 0 Å². The first-order chi connectivity index (χ1) is 17.4. The second-order valence-electron chi connectivity index (χ2n) is 9.44. The van der Waals surface area contributed by atoms with Gasteiger partial charge in [-0.1, -0.05) is 31.7 Å². The molecule has 2 atom stereocenters. The van der Waals surface area contributed by atoms with Crippen LogP contribution in [-0.4, -0.2) is 58.2 Å². The lowest BCUT2D eigenvalue weighted by molar-refractivity contribution is -0.125. The van der Waals surface area contributed by atoms with Gasteiger partial charge in [-0.05, 0) is 48.2 Å². The molecule has 2 aliphatic rings. The maximum atomic E-state index is 14.0. The zero-order chi connectivity index (χ0) is 25.8. The third-order valence-corrected chi connectivity index (χ3v) is 7.41. The van der Waals surface area contributed by atoms with Gasteiger partial charge in [0.1, 0.15) is 0 Å². The fourth-order valence-corrected chi connectivity index (χ4v) is 5.50. The maximum absolute atomic E-state index is 14.0. The molecular formula is C28H36N2O6. The number of benzene rings is 2. The third-order valence-electron chi connectivity index (χ3n) is 7.41. The fourth-order valence-electron chi connectivity index (χ4n) is 5.50. The summed E-state index contributed by atoms with van der Waals surface area (Å²) in [5.41, 5.74) is 1.85. The van der Waals surface area contributed by atoms with Crippen molar-refractivity contribution in [1.29, 1.82) is 0 Å². The van der Waals surface area contributed by atoms with Crippen LogP contribution in [0.3, 0.4) is 0 Å². The van der Waals surface area contributed by atoms with E-state index >= 15 is 0 Å². The maximum Gasteiger partial charge on any atom is 0.254 e. The van der Waals surface area contributed by atoms with Crippen LogP contribution < -0.4 is 24.3 Å². The Morgan fingerprint density at radius 2 is 1.42 bits per heavy atom. The number of nitrogens with zero attached hydrogens (tertiary/aromatic N) is 1. The number of hydrogen-bond donors (Lipinski definition) is 1. The molecule has 194 valence electrons. The van der Waals surface area contributed by atoms with Gasteiger partial charge in [0, 0.05) is 18.7 Å². The monoisotopic (exact) mass is 496 g/mol. The summed E-state index contributed by atoms with van der Waals surface area (Å²) in [5.74, 6) is 1.11. The molecule has 8 nitrogen and oxygen atoms in total. The summed E-state index contributed by atoms with van der Waals surface area (Å²) >= 11 is 0. The number of carbonyl (C=O) groups is 2. The van der Waals surface area contributed by atoms with E-state index in [4.69, 9.17) is 18.9 Å². The molecule has 0 bridgehead atoms. The Labute approximate surface area is 212 Å². The number of ether oxygens (including phenoxy) is 4. The molecule has 1 aliphatic carbocycles. The Kier molecular flexibility index (Phi) is 7.91. The number of likely N-dealkylation sites (N-methyl/N-ethyl adjacent to an activating group) is 1. The zero-order valence-corrected chi connectivity index (χ0v) is 21.8. The zero-order valence-electron chi connectivity index (χ0n) is 21.8. The van der Waals surface area contributed by atoms with Gasteiger partial charge in [0.25, 0.3) is 5.91 Å². The van der Waals surface area contributed by atoms with Crippen molar-refractivity contribution in [3.63, 3.8) is 0 Å². The lowest BCUT2D eigenvalue weighted by Gasteiger charge is -2.40. The minimum Gasteiger partial charge on any atom is -0.493 e. The van der Waals surface area contributed by atoms with E-state index in [-0.39, 0.29) is 17.9 Å². The molecule has 0 saturated heterocycles. The standard InChI is InChI=1S/C28H36N2O6/c1-30-26(17-12-13-21(33-2)22(14-17)34-3)25(27(31)29-18-10-8-6-7-9-11-18)19-15-23(35-4)24(36-5)16-20(19)28(30)32/h12-16,18,25-26H,6-11H2,1-5H3,(H,29,31)/t25-,26-/m1/s1. The van der Waals surface area contributed by atoms with Crippen LogP contribution in [0.4, 0.5) is 0 Å². The lowest BCUT2D eigenvalue weighted by atomic mass is 9.79. The average molecular weight is 497 g/mol. The van der Waals surface area contributed by atoms with Gasteiger partial charge < -0.3 is 29.2 Å². The highest BCUT2D eigenvalue weighted by atomic mass is 16.5. The van der Waals surface area contributed by atoms with Crippen molar-refractivity contribution in [1.82, 2.24) is 10.2 Å². The van der Waals surface area contributed by atoms with Crippen LogP contribution in [0.5, 0.6) is 23.0 Å². The Bertz CT molecular complexity index is 1110. The summed E-state index contributed by atoms with van der Waals surface area (Å²) in [7, 11) is 7.96. The number of fused-ring (bicyclic) bond motifs is 1. The van der Waals surface area contributed by atoms with E-state index in [0.29, 0.717) is 34.1 Å². The third kappa shape index (κ3) is 4.81. The highest BCUT2D eigenvalue weighted by molar-refractivity contribution is 6.02. The molecule has 1 fully saturated rings. The van der Waals surface area contributed by atoms with Crippen molar-refractivity contribution < 1.29 is 28.5 Å². The van der Waals surface area contributed by atoms with E-state index in [9.17, 15) is 9.59 Å². The molecule has 4 rings (SSSR count). The van der Waals surface area contributed by atoms with Crippen LogP contribution in [-0.2, 0) is 4.79 Å². The predicted molar refractivity (Wildman–Crippen MR) is 136 cm³/mol. The van der Waals surface area contributed by atoms with Crippen molar-refractivity contribution in [3.8, 4) is 23.0 Å². The molecule has 2 aromatic rings. The lowest BCUT2D eigenvalue weighted by Crippen LogP contribution is -2.47.